The quantitative estimate of drug-likeness (QED) is 0.804. The van der Waals surface area contributed by atoms with Crippen molar-refractivity contribution in [3.8, 4) is 6.07 Å². The summed E-state index contributed by atoms with van der Waals surface area (Å²) < 4.78 is 0. The fourth-order valence-corrected chi connectivity index (χ4v) is 2.68. The number of nitrogens with zero attached hydrogens (tertiary/aromatic N) is 3. The van der Waals surface area contributed by atoms with Crippen molar-refractivity contribution in [1.82, 2.24) is 4.90 Å². The Balaban J connectivity index is 1.81. The molecular formula is C16H23N3O. The summed E-state index contributed by atoms with van der Waals surface area (Å²) in [6.07, 6.45) is 3.18. The Hall–Kier alpha value is -1.57. The van der Waals surface area contributed by atoms with Gasteiger partial charge in [0.05, 0.1) is 11.3 Å². The highest BCUT2D eigenvalue weighted by atomic mass is 16.2. The molecule has 0 atom stereocenters. The lowest BCUT2D eigenvalue weighted by atomic mass is 10.1. The molecule has 0 aliphatic carbocycles. The van der Waals surface area contributed by atoms with Crippen LogP contribution in [-0.2, 0) is 0 Å². The van der Waals surface area contributed by atoms with Gasteiger partial charge in [-0.1, -0.05) is 12.1 Å². The largest absolute Gasteiger partial charge is 0.396 e. The Labute approximate surface area is 121 Å². The van der Waals surface area contributed by atoms with Gasteiger partial charge in [0.25, 0.3) is 0 Å². The van der Waals surface area contributed by atoms with E-state index in [0.29, 0.717) is 6.61 Å². The topological polar surface area (TPSA) is 50.5 Å². The molecule has 2 rings (SSSR count). The van der Waals surface area contributed by atoms with Crippen molar-refractivity contribution >= 4 is 5.69 Å². The maximum absolute atomic E-state index is 9.16. The first-order valence-corrected chi connectivity index (χ1v) is 7.42. The standard InChI is InChI=1S/C16H23N3O/c17-14-15-6-2-3-7-16(15)19-11-9-18(10-12-19)8-4-1-5-13-20/h2-3,6-7,20H,1,4-5,8-13H2. The molecule has 1 aromatic carbocycles. The molecule has 1 saturated heterocycles. The fraction of sp³-hybridized carbons (Fsp3) is 0.562. The van der Waals surface area contributed by atoms with E-state index in [0.717, 1.165) is 63.2 Å². The molecule has 1 aliphatic rings. The van der Waals surface area contributed by atoms with Gasteiger partial charge in [-0.2, -0.15) is 5.26 Å². The first-order valence-electron chi connectivity index (χ1n) is 7.42. The van der Waals surface area contributed by atoms with E-state index in [-0.39, 0.29) is 0 Å². The van der Waals surface area contributed by atoms with Crippen LogP contribution < -0.4 is 4.90 Å². The number of benzene rings is 1. The van der Waals surface area contributed by atoms with Crippen LogP contribution >= 0.6 is 0 Å². The van der Waals surface area contributed by atoms with Gasteiger partial charge in [-0.3, -0.25) is 4.90 Å². The molecule has 108 valence electrons. The van der Waals surface area contributed by atoms with Crippen molar-refractivity contribution < 1.29 is 5.11 Å². The van der Waals surface area contributed by atoms with Gasteiger partial charge in [0.2, 0.25) is 0 Å². The smallest absolute Gasteiger partial charge is 0.101 e. The molecule has 4 nitrogen and oxygen atoms in total. The predicted molar refractivity (Wildman–Crippen MR) is 80.7 cm³/mol. The van der Waals surface area contributed by atoms with Crippen LogP contribution in [0.1, 0.15) is 24.8 Å². The minimum Gasteiger partial charge on any atom is -0.396 e. The van der Waals surface area contributed by atoms with Crippen LogP contribution in [0.4, 0.5) is 5.69 Å². The van der Waals surface area contributed by atoms with Crippen molar-refractivity contribution in [2.24, 2.45) is 0 Å². The number of nitriles is 1. The van der Waals surface area contributed by atoms with Crippen LogP contribution in [0.25, 0.3) is 0 Å². The number of anilines is 1. The zero-order valence-electron chi connectivity index (χ0n) is 12.0. The van der Waals surface area contributed by atoms with Crippen LogP contribution in [0.15, 0.2) is 24.3 Å². The molecule has 1 heterocycles. The summed E-state index contributed by atoms with van der Waals surface area (Å²) in [5.41, 5.74) is 1.83. The summed E-state index contributed by atoms with van der Waals surface area (Å²) in [6, 6.07) is 10.1. The molecule has 0 aromatic heterocycles. The summed E-state index contributed by atoms with van der Waals surface area (Å²) in [4.78, 5) is 4.78. The maximum Gasteiger partial charge on any atom is 0.101 e. The highest BCUT2D eigenvalue weighted by Gasteiger charge is 2.18. The average Bonchev–Trinajstić information content (AvgIpc) is 2.52. The molecule has 1 N–H and O–H groups in total. The SMILES string of the molecule is N#Cc1ccccc1N1CCN(CCCCCO)CC1. The average molecular weight is 273 g/mol. The van der Waals surface area contributed by atoms with Crippen molar-refractivity contribution in [2.45, 2.75) is 19.3 Å². The Morgan fingerprint density at radius 1 is 1.05 bits per heavy atom. The summed E-state index contributed by atoms with van der Waals surface area (Å²) in [6.45, 7) is 5.50. The molecule has 1 aromatic rings. The second-order valence-electron chi connectivity index (χ2n) is 5.24. The normalized spacial score (nSPS) is 16.1. The fourth-order valence-electron chi connectivity index (χ4n) is 2.68. The summed E-state index contributed by atoms with van der Waals surface area (Å²) in [5.74, 6) is 0. The number of hydrogen-bond donors (Lipinski definition) is 1. The predicted octanol–water partition coefficient (Wildman–Crippen LogP) is 1.84. The maximum atomic E-state index is 9.16. The van der Waals surface area contributed by atoms with Gasteiger partial charge in [0.15, 0.2) is 0 Å². The molecule has 0 amide bonds. The van der Waals surface area contributed by atoms with Crippen LogP contribution in [0.2, 0.25) is 0 Å². The minimum absolute atomic E-state index is 0.304. The molecule has 0 unspecified atom stereocenters. The van der Waals surface area contributed by atoms with E-state index < -0.39 is 0 Å². The Bertz CT molecular complexity index is 447. The van der Waals surface area contributed by atoms with Gasteiger partial charge in [-0.05, 0) is 37.9 Å². The van der Waals surface area contributed by atoms with E-state index in [1.807, 2.05) is 24.3 Å². The number of aliphatic hydroxyl groups is 1. The number of rotatable bonds is 6. The van der Waals surface area contributed by atoms with Crippen molar-refractivity contribution in [2.75, 3.05) is 44.2 Å². The molecule has 0 radical (unpaired) electrons. The number of aliphatic hydroxyl groups excluding tert-OH is 1. The van der Waals surface area contributed by atoms with Crippen LogP contribution in [0.3, 0.4) is 0 Å². The van der Waals surface area contributed by atoms with Crippen LogP contribution in [0.5, 0.6) is 0 Å². The van der Waals surface area contributed by atoms with Gasteiger partial charge in [0.1, 0.15) is 6.07 Å². The van der Waals surface area contributed by atoms with E-state index in [9.17, 15) is 0 Å². The highest BCUT2D eigenvalue weighted by Crippen LogP contribution is 2.21. The van der Waals surface area contributed by atoms with Crippen LogP contribution in [0, 0.1) is 11.3 Å². The van der Waals surface area contributed by atoms with Gasteiger partial charge in [0, 0.05) is 32.8 Å². The van der Waals surface area contributed by atoms with Gasteiger partial charge in [-0.15, -0.1) is 0 Å². The third kappa shape index (κ3) is 3.96. The third-order valence-electron chi connectivity index (χ3n) is 3.87. The summed E-state index contributed by atoms with van der Waals surface area (Å²) in [5, 5.41) is 17.9. The first kappa shape index (κ1) is 14.8. The van der Waals surface area contributed by atoms with E-state index in [1.54, 1.807) is 0 Å². The molecular weight excluding hydrogens is 250 g/mol. The zero-order chi connectivity index (χ0) is 14.2. The molecule has 0 saturated carbocycles. The van der Waals surface area contributed by atoms with E-state index >= 15 is 0 Å². The Kier molecular flexibility index (Phi) is 5.85. The lowest BCUT2D eigenvalue weighted by Gasteiger charge is -2.36. The van der Waals surface area contributed by atoms with E-state index in [1.165, 1.54) is 0 Å². The molecule has 0 spiro atoms. The zero-order valence-corrected chi connectivity index (χ0v) is 12.0. The number of hydrogen-bond acceptors (Lipinski definition) is 4. The Morgan fingerprint density at radius 2 is 1.80 bits per heavy atom. The second kappa shape index (κ2) is 7.88. The minimum atomic E-state index is 0.304. The third-order valence-corrected chi connectivity index (χ3v) is 3.87. The van der Waals surface area contributed by atoms with Gasteiger partial charge in [-0.25, -0.2) is 0 Å². The van der Waals surface area contributed by atoms with Crippen LogP contribution in [-0.4, -0.2) is 49.3 Å². The molecule has 20 heavy (non-hydrogen) atoms. The lowest BCUT2D eigenvalue weighted by molar-refractivity contribution is 0.242. The highest BCUT2D eigenvalue weighted by molar-refractivity contribution is 5.59. The summed E-state index contributed by atoms with van der Waals surface area (Å²) >= 11 is 0. The van der Waals surface area contributed by atoms with E-state index in [4.69, 9.17) is 10.4 Å². The molecule has 1 aliphatic heterocycles. The van der Waals surface area contributed by atoms with Gasteiger partial charge >= 0.3 is 0 Å². The van der Waals surface area contributed by atoms with Crippen molar-refractivity contribution in [3.63, 3.8) is 0 Å². The van der Waals surface area contributed by atoms with Crippen molar-refractivity contribution in [3.05, 3.63) is 29.8 Å². The van der Waals surface area contributed by atoms with Gasteiger partial charge < -0.3 is 10.0 Å². The molecule has 1 fully saturated rings. The van der Waals surface area contributed by atoms with Crippen molar-refractivity contribution in [1.29, 1.82) is 5.26 Å². The second-order valence-corrected chi connectivity index (χ2v) is 5.24. The number of piperazine rings is 1. The molecule has 4 heteroatoms. The Morgan fingerprint density at radius 3 is 2.50 bits per heavy atom. The van der Waals surface area contributed by atoms with E-state index in [2.05, 4.69) is 15.9 Å². The number of para-hydroxylation sites is 1. The number of unbranched alkanes of at least 4 members (excludes halogenated alkanes) is 2. The summed E-state index contributed by atoms with van der Waals surface area (Å²) in [7, 11) is 0. The first-order chi connectivity index (χ1) is 9.85. The monoisotopic (exact) mass is 273 g/mol. The lowest BCUT2D eigenvalue weighted by Crippen LogP contribution is -2.46. The molecule has 0 bridgehead atoms.